The average Bonchev–Trinajstić information content (AvgIpc) is 3.25. The molecule has 3 fully saturated rings. The highest BCUT2D eigenvalue weighted by molar-refractivity contribution is 6.30. The van der Waals surface area contributed by atoms with Crippen molar-refractivity contribution in [2.75, 3.05) is 26.2 Å². The topological polar surface area (TPSA) is 23.6 Å². The molecule has 3 nitrogen and oxygen atoms in total. The zero-order valence-electron chi connectivity index (χ0n) is 13.6. The molecule has 1 aromatic carbocycles. The molecular formula is C19H25ClN2O. The maximum Gasteiger partial charge on any atom is 0.230 e. The van der Waals surface area contributed by atoms with Gasteiger partial charge in [0.25, 0.3) is 0 Å². The van der Waals surface area contributed by atoms with Gasteiger partial charge in [-0.1, -0.05) is 23.7 Å². The van der Waals surface area contributed by atoms with Gasteiger partial charge in [0.05, 0.1) is 5.41 Å². The highest BCUT2D eigenvalue weighted by Crippen LogP contribution is 2.42. The fraction of sp³-hybridized carbons (Fsp3) is 0.632. The molecule has 0 N–H and O–H groups in total. The Balaban J connectivity index is 1.42. The summed E-state index contributed by atoms with van der Waals surface area (Å²) in [6, 6.07) is 8.08. The molecule has 1 atom stereocenters. The molecule has 1 saturated carbocycles. The molecule has 4 heteroatoms. The summed E-state index contributed by atoms with van der Waals surface area (Å²) in [5.74, 6) is 1.22. The molecule has 124 valence electrons. The van der Waals surface area contributed by atoms with Crippen LogP contribution in [0.3, 0.4) is 0 Å². The summed E-state index contributed by atoms with van der Waals surface area (Å²) >= 11 is 6.09. The lowest BCUT2D eigenvalue weighted by atomic mass is 9.78. The molecule has 0 bridgehead atoms. The minimum absolute atomic E-state index is 0.105. The number of hydrogen-bond acceptors (Lipinski definition) is 2. The van der Waals surface area contributed by atoms with Gasteiger partial charge in [0, 0.05) is 31.2 Å². The molecule has 0 aromatic heterocycles. The molecule has 2 saturated heterocycles. The molecule has 4 rings (SSSR count). The van der Waals surface area contributed by atoms with E-state index in [1.54, 1.807) is 0 Å². The molecule has 23 heavy (non-hydrogen) atoms. The van der Waals surface area contributed by atoms with Crippen molar-refractivity contribution in [3.05, 3.63) is 34.9 Å². The molecule has 1 spiro atoms. The third kappa shape index (κ3) is 3.27. The first-order chi connectivity index (χ1) is 11.1. The number of rotatable bonds is 4. The smallest absolute Gasteiger partial charge is 0.230 e. The lowest BCUT2D eigenvalue weighted by Crippen LogP contribution is -2.50. The normalized spacial score (nSPS) is 28.7. The minimum Gasteiger partial charge on any atom is -0.342 e. The van der Waals surface area contributed by atoms with Gasteiger partial charge < -0.3 is 4.90 Å². The Morgan fingerprint density at radius 1 is 1.22 bits per heavy atom. The van der Waals surface area contributed by atoms with Crippen molar-refractivity contribution in [3.8, 4) is 0 Å². The molecule has 0 unspecified atom stereocenters. The number of benzene rings is 1. The second-order valence-electron chi connectivity index (χ2n) is 7.67. The lowest BCUT2D eigenvalue weighted by molar-refractivity contribution is -0.145. The molecule has 3 aliphatic rings. The Hall–Kier alpha value is -1.06. The first kappa shape index (κ1) is 15.5. The number of hydrogen-bond donors (Lipinski definition) is 0. The fourth-order valence-electron chi connectivity index (χ4n) is 4.30. The second-order valence-corrected chi connectivity index (χ2v) is 8.11. The van der Waals surface area contributed by atoms with E-state index in [4.69, 9.17) is 11.6 Å². The van der Waals surface area contributed by atoms with Crippen LogP contribution >= 0.6 is 11.6 Å². The van der Waals surface area contributed by atoms with Gasteiger partial charge in [-0.05, 0) is 62.3 Å². The summed E-state index contributed by atoms with van der Waals surface area (Å²) in [5, 5.41) is 0.792. The SMILES string of the molecule is O=C1N(CC2CC2)CCC[C@@]12CCN(Cc1cccc(Cl)c1)C2. The van der Waals surface area contributed by atoms with Gasteiger partial charge in [0.2, 0.25) is 5.91 Å². The Bertz CT molecular complexity index is 601. The van der Waals surface area contributed by atoms with Crippen LogP contribution in [0.4, 0.5) is 0 Å². The van der Waals surface area contributed by atoms with Crippen LogP contribution < -0.4 is 0 Å². The average molecular weight is 333 g/mol. The highest BCUT2D eigenvalue weighted by atomic mass is 35.5. The van der Waals surface area contributed by atoms with Crippen molar-refractivity contribution in [3.63, 3.8) is 0 Å². The summed E-state index contributed by atoms with van der Waals surface area (Å²) in [4.78, 5) is 17.6. The number of nitrogens with zero attached hydrogens (tertiary/aromatic N) is 2. The third-order valence-electron chi connectivity index (χ3n) is 5.73. The quantitative estimate of drug-likeness (QED) is 0.841. The van der Waals surface area contributed by atoms with E-state index in [9.17, 15) is 4.79 Å². The van der Waals surface area contributed by atoms with Crippen LogP contribution in [0.5, 0.6) is 0 Å². The number of piperidine rings is 1. The largest absolute Gasteiger partial charge is 0.342 e. The maximum atomic E-state index is 13.0. The van der Waals surface area contributed by atoms with Gasteiger partial charge in [-0.25, -0.2) is 0 Å². The molecule has 2 heterocycles. The monoisotopic (exact) mass is 332 g/mol. The van der Waals surface area contributed by atoms with Gasteiger partial charge in [0.15, 0.2) is 0 Å². The van der Waals surface area contributed by atoms with E-state index >= 15 is 0 Å². The first-order valence-corrected chi connectivity index (χ1v) is 9.29. The van der Waals surface area contributed by atoms with Crippen LogP contribution in [-0.2, 0) is 11.3 Å². The van der Waals surface area contributed by atoms with Gasteiger partial charge in [-0.3, -0.25) is 9.69 Å². The van der Waals surface area contributed by atoms with Crippen molar-refractivity contribution in [2.24, 2.45) is 11.3 Å². The summed E-state index contributed by atoms with van der Waals surface area (Å²) in [6.45, 7) is 4.83. The van der Waals surface area contributed by atoms with E-state index in [1.165, 1.54) is 24.8 Å². The minimum atomic E-state index is -0.105. The predicted octanol–water partition coefficient (Wildman–Crippen LogP) is 3.56. The fourth-order valence-corrected chi connectivity index (χ4v) is 4.52. The van der Waals surface area contributed by atoms with Crippen LogP contribution in [0.2, 0.25) is 5.02 Å². The van der Waals surface area contributed by atoms with Crippen LogP contribution in [0.15, 0.2) is 24.3 Å². The predicted molar refractivity (Wildman–Crippen MR) is 92.3 cm³/mol. The highest BCUT2D eigenvalue weighted by Gasteiger charge is 2.48. The van der Waals surface area contributed by atoms with Crippen molar-refractivity contribution in [1.29, 1.82) is 0 Å². The Morgan fingerprint density at radius 3 is 2.87 bits per heavy atom. The number of carbonyl (C=O) groups excluding carboxylic acids is 1. The summed E-state index contributed by atoms with van der Waals surface area (Å²) in [5.41, 5.74) is 1.14. The molecule has 1 aromatic rings. The molecule has 2 aliphatic heterocycles. The Morgan fingerprint density at radius 2 is 2.09 bits per heavy atom. The van der Waals surface area contributed by atoms with Crippen molar-refractivity contribution in [1.82, 2.24) is 9.80 Å². The van der Waals surface area contributed by atoms with Crippen LogP contribution in [0.25, 0.3) is 0 Å². The van der Waals surface area contributed by atoms with Crippen molar-refractivity contribution in [2.45, 2.75) is 38.6 Å². The number of amides is 1. The number of likely N-dealkylation sites (tertiary alicyclic amines) is 2. The molecule has 1 aliphatic carbocycles. The van der Waals surface area contributed by atoms with E-state index in [0.717, 1.165) is 56.5 Å². The zero-order valence-corrected chi connectivity index (χ0v) is 14.4. The van der Waals surface area contributed by atoms with Gasteiger partial charge >= 0.3 is 0 Å². The third-order valence-corrected chi connectivity index (χ3v) is 5.96. The number of halogens is 1. The van der Waals surface area contributed by atoms with Crippen LogP contribution in [-0.4, -0.2) is 41.9 Å². The van der Waals surface area contributed by atoms with Crippen LogP contribution in [0, 0.1) is 11.3 Å². The van der Waals surface area contributed by atoms with E-state index in [1.807, 2.05) is 18.2 Å². The standard InChI is InChI=1S/C19H25ClN2O/c20-17-4-1-3-16(11-17)12-21-10-8-19(14-21)7-2-9-22(18(19)23)13-15-5-6-15/h1,3-4,11,15H,2,5-10,12-14H2/t19-/m0/s1. The summed E-state index contributed by atoms with van der Waals surface area (Å²) in [6.07, 6.45) is 5.89. The zero-order chi connectivity index (χ0) is 15.9. The van der Waals surface area contributed by atoms with Crippen molar-refractivity contribution >= 4 is 17.5 Å². The van der Waals surface area contributed by atoms with E-state index in [0.29, 0.717) is 5.91 Å². The van der Waals surface area contributed by atoms with Gasteiger partial charge in [0.1, 0.15) is 0 Å². The van der Waals surface area contributed by atoms with Gasteiger partial charge in [-0.2, -0.15) is 0 Å². The Labute approximate surface area is 143 Å². The molecule has 1 amide bonds. The van der Waals surface area contributed by atoms with Gasteiger partial charge in [-0.15, -0.1) is 0 Å². The molecule has 0 radical (unpaired) electrons. The van der Waals surface area contributed by atoms with E-state index in [2.05, 4.69) is 15.9 Å². The lowest BCUT2D eigenvalue weighted by Gasteiger charge is -2.39. The molecular weight excluding hydrogens is 308 g/mol. The Kier molecular flexibility index (Phi) is 4.10. The van der Waals surface area contributed by atoms with E-state index in [-0.39, 0.29) is 5.41 Å². The van der Waals surface area contributed by atoms with E-state index < -0.39 is 0 Å². The second kappa shape index (κ2) is 6.10. The number of carbonyl (C=O) groups is 1. The van der Waals surface area contributed by atoms with Crippen LogP contribution in [0.1, 0.15) is 37.7 Å². The van der Waals surface area contributed by atoms with Crippen molar-refractivity contribution < 1.29 is 4.79 Å². The maximum absolute atomic E-state index is 13.0. The first-order valence-electron chi connectivity index (χ1n) is 8.91. The summed E-state index contributed by atoms with van der Waals surface area (Å²) < 4.78 is 0. The summed E-state index contributed by atoms with van der Waals surface area (Å²) in [7, 11) is 0.